The van der Waals surface area contributed by atoms with Crippen LogP contribution < -0.4 is 0 Å². The number of halogens is 1. The normalized spacial score (nSPS) is 13.0. The molecule has 18 heavy (non-hydrogen) atoms. The maximum atomic E-state index is 12.3. The number of benzene rings is 1. The van der Waals surface area contributed by atoms with Crippen LogP contribution in [-0.4, -0.2) is 13.5 Å². The fourth-order valence-corrected chi connectivity index (χ4v) is 2.69. The number of allylic oxidation sites excluding steroid dienone is 1. The molecule has 0 heterocycles. The number of rotatable bonds is 3. The van der Waals surface area contributed by atoms with E-state index in [1.807, 2.05) is 30.3 Å². The maximum Gasteiger partial charge on any atom is 0.137 e. The third-order valence-corrected chi connectivity index (χ3v) is 9.19. The zero-order valence-corrected chi connectivity index (χ0v) is 13.5. The van der Waals surface area contributed by atoms with Gasteiger partial charge in [-0.3, -0.25) is 0 Å². The van der Waals surface area contributed by atoms with Crippen molar-refractivity contribution in [3.05, 3.63) is 40.9 Å². The molecule has 98 valence electrons. The molecule has 0 aliphatic carbocycles. The van der Waals surface area contributed by atoms with Crippen LogP contribution in [-0.2, 0) is 4.79 Å². The molecule has 0 bridgehead atoms. The molecule has 0 saturated carbocycles. The van der Waals surface area contributed by atoms with Crippen molar-refractivity contribution >= 4 is 31.2 Å². The fraction of sp³-hybridized carbons (Fsp3) is 0.400. The minimum absolute atomic E-state index is 0.0778. The van der Waals surface area contributed by atoms with Crippen molar-refractivity contribution in [2.24, 2.45) is 0 Å². The summed E-state index contributed by atoms with van der Waals surface area (Å²) in [5.74, 6) is 0. The Kier molecular flexibility index (Phi) is 4.57. The summed E-state index contributed by atoms with van der Waals surface area (Å²) >= 11 is 5.82. The average molecular weight is 281 g/mol. The van der Waals surface area contributed by atoms with Crippen molar-refractivity contribution in [2.75, 3.05) is 0 Å². The molecule has 1 aromatic carbocycles. The van der Waals surface area contributed by atoms with Crippen molar-refractivity contribution in [3.8, 4) is 0 Å². The van der Waals surface area contributed by atoms with Gasteiger partial charge in [-0.15, -0.1) is 0 Å². The van der Waals surface area contributed by atoms with Gasteiger partial charge in [0.25, 0.3) is 0 Å². The summed E-state index contributed by atoms with van der Waals surface area (Å²) in [5.41, 5.74) is 1.01. The summed E-state index contributed by atoms with van der Waals surface area (Å²) in [7, 11) is -1.92. The van der Waals surface area contributed by atoms with Gasteiger partial charge in [0, 0.05) is 5.02 Å². The molecule has 0 radical (unpaired) electrons. The van der Waals surface area contributed by atoms with Gasteiger partial charge in [-0.2, -0.15) is 0 Å². The van der Waals surface area contributed by atoms with E-state index in [1.54, 1.807) is 6.08 Å². The van der Waals surface area contributed by atoms with Crippen molar-refractivity contribution in [1.29, 1.82) is 0 Å². The van der Waals surface area contributed by atoms with E-state index in [0.717, 1.165) is 5.56 Å². The number of hydrogen-bond acceptors (Lipinski definition) is 1. The molecule has 0 spiro atoms. The molecule has 0 aliphatic heterocycles. The van der Waals surface area contributed by atoms with Crippen LogP contribution in [0.5, 0.6) is 0 Å². The van der Waals surface area contributed by atoms with Crippen LogP contribution in [0.4, 0.5) is 0 Å². The standard InChI is InChI=1S/C15H21ClOSi/c1-15(2,3)18(4,5)14(17)11-8-12-6-9-13(16)10-7-12/h6-11H,1-5H3/b11-8+. The first-order valence-corrected chi connectivity index (χ1v) is 9.50. The molecular formula is C15H21ClOSi. The largest absolute Gasteiger partial charge is 0.301 e. The first kappa shape index (κ1) is 15.2. The molecule has 3 heteroatoms. The first-order chi connectivity index (χ1) is 8.14. The van der Waals surface area contributed by atoms with E-state index in [1.165, 1.54) is 0 Å². The summed E-state index contributed by atoms with van der Waals surface area (Å²) in [6, 6.07) is 7.49. The maximum absolute atomic E-state index is 12.3. The summed E-state index contributed by atoms with van der Waals surface area (Å²) in [4.78, 5) is 12.3. The molecule has 0 aromatic heterocycles. The monoisotopic (exact) mass is 280 g/mol. The van der Waals surface area contributed by atoms with Crippen molar-refractivity contribution < 1.29 is 4.79 Å². The molecule has 1 nitrogen and oxygen atoms in total. The predicted octanol–water partition coefficient (Wildman–Crippen LogP) is 4.97. The first-order valence-electron chi connectivity index (χ1n) is 6.13. The van der Waals surface area contributed by atoms with Gasteiger partial charge in [-0.1, -0.05) is 63.7 Å². The second-order valence-electron chi connectivity index (χ2n) is 6.12. The van der Waals surface area contributed by atoms with E-state index < -0.39 is 8.07 Å². The molecule has 0 atom stereocenters. The average Bonchev–Trinajstić information content (AvgIpc) is 2.26. The Balaban J connectivity index is 2.85. The zero-order chi connectivity index (χ0) is 14.0. The summed E-state index contributed by atoms with van der Waals surface area (Å²) in [6.07, 6.45) is 3.60. The van der Waals surface area contributed by atoms with Gasteiger partial charge in [-0.05, 0) is 28.8 Å². The van der Waals surface area contributed by atoms with E-state index in [0.29, 0.717) is 5.02 Å². The number of carbonyl (C=O) groups is 1. The van der Waals surface area contributed by atoms with Gasteiger partial charge in [0.2, 0.25) is 0 Å². The Morgan fingerprint density at radius 1 is 1.17 bits per heavy atom. The minimum Gasteiger partial charge on any atom is -0.301 e. The number of carbonyl (C=O) groups excluding carboxylic acids is 1. The molecule has 0 aliphatic rings. The lowest BCUT2D eigenvalue weighted by atomic mass is 10.2. The zero-order valence-electron chi connectivity index (χ0n) is 11.8. The van der Waals surface area contributed by atoms with Gasteiger partial charge in [-0.25, -0.2) is 0 Å². The Labute approximate surface area is 116 Å². The molecule has 0 unspecified atom stereocenters. The molecule has 0 amide bonds. The summed E-state index contributed by atoms with van der Waals surface area (Å²) in [5, 5.41) is 1.07. The lowest BCUT2D eigenvalue weighted by molar-refractivity contribution is -0.108. The highest BCUT2D eigenvalue weighted by Gasteiger charge is 2.40. The highest BCUT2D eigenvalue weighted by molar-refractivity contribution is 7.07. The van der Waals surface area contributed by atoms with Crippen molar-refractivity contribution in [3.63, 3.8) is 0 Å². The van der Waals surface area contributed by atoms with Crippen LogP contribution in [0.2, 0.25) is 23.2 Å². The third kappa shape index (κ3) is 3.56. The highest BCUT2D eigenvalue weighted by Crippen LogP contribution is 2.36. The van der Waals surface area contributed by atoms with E-state index in [9.17, 15) is 4.79 Å². The topological polar surface area (TPSA) is 17.1 Å². The van der Waals surface area contributed by atoms with Crippen LogP contribution in [0.25, 0.3) is 6.08 Å². The minimum atomic E-state index is -1.92. The Morgan fingerprint density at radius 3 is 2.11 bits per heavy atom. The van der Waals surface area contributed by atoms with Crippen LogP contribution in [0.15, 0.2) is 30.3 Å². The number of hydrogen-bond donors (Lipinski definition) is 0. The third-order valence-electron chi connectivity index (χ3n) is 3.79. The van der Waals surface area contributed by atoms with E-state index >= 15 is 0 Å². The Morgan fingerprint density at radius 2 is 1.67 bits per heavy atom. The van der Waals surface area contributed by atoms with Gasteiger partial charge in [0.15, 0.2) is 0 Å². The molecule has 0 saturated heterocycles. The van der Waals surface area contributed by atoms with Gasteiger partial charge < -0.3 is 4.79 Å². The second-order valence-corrected chi connectivity index (χ2v) is 11.8. The quantitative estimate of drug-likeness (QED) is 0.564. The van der Waals surface area contributed by atoms with Gasteiger partial charge >= 0.3 is 0 Å². The lowest BCUT2D eigenvalue weighted by Crippen LogP contribution is -2.45. The predicted molar refractivity (Wildman–Crippen MR) is 82.7 cm³/mol. The molecule has 0 fully saturated rings. The second kappa shape index (κ2) is 5.41. The molecule has 0 N–H and O–H groups in total. The Hall–Kier alpha value is -0.863. The summed E-state index contributed by atoms with van der Waals surface area (Å²) < 4.78 is 0. The molecule has 1 aromatic rings. The van der Waals surface area contributed by atoms with E-state index in [4.69, 9.17) is 11.6 Å². The summed E-state index contributed by atoms with van der Waals surface area (Å²) in [6.45, 7) is 10.7. The van der Waals surface area contributed by atoms with Gasteiger partial charge in [0.05, 0.1) is 0 Å². The van der Waals surface area contributed by atoms with Crippen molar-refractivity contribution in [2.45, 2.75) is 38.9 Å². The van der Waals surface area contributed by atoms with Gasteiger partial charge in [0.1, 0.15) is 13.5 Å². The van der Waals surface area contributed by atoms with Crippen LogP contribution in [0, 0.1) is 0 Å². The van der Waals surface area contributed by atoms with Crippen molar-refractivity contribution in [1.82, 2.24) is 0 Å². The Bertz CT molecular complexity index is 452. The van der Waals surface area contributed by atoms with Crippen LogP contribution >= 0.6 is 11.6 Å². The van der Waals surface area contributed by atoms with Crippen LogP contribution in [0.1, 0.15) is 26.3 Å². The smallest absolute Gasteiger partial charge is 0.137 e. The molecular weight excluding hydrogens is 260 g/mol. The van der Waals surface area contributed by atoms with E-state index in [2.05, 4.69) is 33.9 Å². The SMILES string of the molecule is CC(C)(C)[Si](C)(C)C(=O)/C=C/c1ccc(Cl)cc1. The van der Waals surface area contributed by atoms with E-state index in [-0.39, 0.29) is 10.4 Å². The molecule has 1 rings (SSSR count). The van der Waals surface area contributed by atoms with Crippen LogP contribution in [0.3, 0.4) is 0 Å². The lowest BCUT2D eigenvalue weighted by Gasteiger charge is -2.34. The fourth-order valence-electron chi connectivity index (χ4n) is 1.32. The highest BCUT2D eigenvalue weighted by atomic mass is 35.5.